The Morgan fingerprint density at radius 3 is 2.60 bits per heavy atom. The minimum absolute atomic E-state index is 0.429. The summed E-state index contributed by atoms with van der Waals surface area (Å²) in [4.78, 5) is 15.6. The summed E-state index contributed by atoms with van der Waals surface area (Å²) in [7, 11) is 1.75. The number of allylic oxidation sites excluding steroid dienone is 1. The third-order valence-corrected chi connectivity index (χ3v) is 1.56. The first kappa shape index (κ1) is 7.57. The van der Waals surface area contributed by atoms with Gasteiger partial charge in [0.1, 0.15) is 5.76 Å². The predicted molar refractivity (Wildman–Crippen MR) is 37.3 cm³/mol. The lowest BCUT2D eigenvalue weighted by Gasteiger charge is -2.05. The summed E-state index contributed by atoms with van der Waals surface area (Å²) < 4.78 is 0. The molecular weight excluding hydrogens is 154 g/mol. The van der Waals surface area contributed by atoms with Crippen LogP contribution in [0.4, 0.5) is 0 Å². The Morgan fingerprint density at radius 1 is 1.80 bits per heavy atom. The highest BCUT2D eigenvalue weighted by atomic mass is 35.5. The van der Waals surface area contributed by atoms with Crippen molar-refractivity contribution in [2.45, 2.75) is 6.92 Å². The first-order valence-electron chi connectivity index (χ1n) is 2.90. The normalized spacial score (nSPS) is 19.5. The second-order valence-electron chi connectivity index (χ2n) is 2.19. The number of carbonyl (C=O) groups excluding carboxylic acids is 1. The molecule has 0 spiro atoms. The van der Waals surface area contributed by atoms with Gasteiger partial charge in [-0.1, -0.05) is 0 Å². The van der Waals surface area contributed by atoms with Crippen LogP contribution in [0.2, 0.25) is 0 Å². The van der Waals surface area contributed by atoms with Crippen LogP contribution in [-0.4, -0.2) is 23.9 Å². The van der Waals surface area contributed by atoms with Gasteiger partial charge in [-0.05, 0) is 18.5 Å². The molecule has 0 amide bonds. The number of hydrogen-bond acceptors (Lipinski definition) is 3. The van der Waals surface area contributed by atoms with E-state index in [0.717, 1.165) is 0 Å². The average molecular weight is 162 g/mol. The Bertz CT molecular complexity index is 200. The molecule has 0 aromatic rings. The molecule has 0 radical (unpaired) electrons. The zero-order chi connectivity index (χ0) is 7.72. The fourth-order valence-corrected chi connectivity index (χ4v) is 1.05. The molecule has 0 aliphatic carbocycles. The second-order valence-corrected chi connectivity index (χ2v) is 2.53. The summed E-state index contributed by atoms with van der Waals surface area (Å²) in [5, 5.41) is 1.13. The minimum atomic E-state index is -0.429. The molecule has 0 aromatic heterocycles. The van der Waals surface area contributed by atoms with E-state index in [9.17, 15) is 4.79 Å². The van der Waals surface area contributed by atoms with E-state index in [-0.39, 0.29) is 0 Å². The molecule has 0 N–H and O–H groups in total. The molecule has 0 fully saturated rings. The van der Waals surface area contributed by atoms with E-state index in [1.165, 1.54) is 0 Å². The van der Waals surface area contributed by atoms with Crippen molar-refractivity contribution in [3.05, 3.63) is 11.3 Å². The van der Waals surface area contributed by atoms with E-state index in [0.29, 0.717) is 17.9 Å². The van der Waals surface area contributed by atoms with Crippen LogP contribution in [0, 0.1) is 0 Å². The molecule has 3 nitrogen and oxygen atoms in total. The summed E-state index contributed by atoms with van der Waals surface area (Å²) in [6.45, 7) is 2.20. The van der Waals surface area contributed by atoms with Crippen LogP contribution >= 0.6 is 11.6 Å². The van der Waals surface area contributed by atoms with Crippen LogP contribution in [0.3, 0.4) is 0 Å². The van der Waals surface area contributed by atoms with Gasteiger partial charge in [0.25, 0.3) is 5.24 Å². The van der Waals surface area contributed by atoms with Gasteiger partial charge in [0, 0.05) is 7.05 Å². The van der Waals surface area contributed by atoms with Crippen LogP contribution < -0.4 is 0 Å². The van der Waals surface area contributed by atoms with Gasteiger partial charge in [-0.3, -0.25) is 4.79 Å². The topological polar surface area (TPSA) is 29.5 Å². The molecule has 56 valence electrons. The van der Waals surface area contributed by atoms with E-state index in [4.69, 9.17) is 16.4 Å². The third-order valence-electron chi connectivity index (χ3n) is 1.34. The predicted octanol–water partition coefficient (Wildman–Crippen LogP) is 0.903. The first-order chi connectivity index (χ1) is 4.61. The van der Waals surface area contributed by atoms with E-state index in [2.05, 4.69) is 0 Å². The summed E-state index contributed by atoms with van der Waals surface area (Å²) >= 11 is 5.24. The molecule has 1 heterocycles. The summed E-state index contributed by atoms with van der Waals surface area (Å²) in [6.07, 6.45) is 0. The maximum atomic E-state index is 10.6. The fraction of sp³-hybridized carbons (Fsp3) is 0.500. The van der Waals surface area contributed by atoms with Crippen molar-refractivity contribution in [2.24, 2.45) is 0 Å². The standard InChI is InChI=1S/C6H8ClNO2/c1-4-5(6(7)9)3-8(2)10-4/h3H2,1-2H3. The maximum absolute atomic E-state index is 10.6. The molecule has 0 atom stereocenters. The van der Waals surface area contributed by atoms with Crippen molar-refractivity contribution in [1.29, 1.82) is 0 Å². The molecule has 0 saturated carbocycles. The number of hydroxylamine groups is 2. The zero-order valence-corrected chi connectivity index (χ0v) is 6.60. The Labute approximate surface area is 64.2 Å². The van der Waals surface area contributed by atoms with Crippen molar-refractivity contribution in [1.82, 2.24) is 5.06 Å². The fourth-order valence-electron chi connectivity index (χ4n) is 0.856. The molecule has 10 heavy (non-hydrogen) atoms. The molecule has 0 unspecified atom stereocenters. The van der Waals surface area contributed by atoms with E-state index >= 15 is 0 Å². The van der Waals surface area contributed by atoms with Gasteiger partial charge in [0.05, 0.1) is 12.1 Å². The first-order valence-corrected chi connectivity index (χ1v) is 3.27. The van der Waals surface area contributed by atoms with Crippen LogP contribution in [0.1, 0.15) is 6.92 Å². The van der Waals surface area contributed by atoms with Gasteiger partial charge in [-0.15, -0.1) is 5.06 Å². The summed E-state index contributed by atoms with van der Waals surface area (Å²) in [5.74, 6) is 0.600. The number of likely N-dealkylation sites (N-methyl/N-ethyl adjacent to an activating group) is 1. The van der Waals surface area contributed by atoms with Crippen molar-refractivity contribution in [3.8, 4) is 0 Å². The van der Waals surface area contributed by atoms with Gasteiger partial charge < -0.3 is 4.84 Å². The van der Waals surface area contributed by atoms with E-state index in [1.54, 1.807) is 19.0 Å². The van der Waals surface area contributed by atoms with E-state index < -0.39 is 5.24 Å². The average Bonchev–Trinajstić information content (AvgIpc) is 2.10. The summed E-state index contributed by atoms with van der Waals surface area (Å²) in [5.41, 5.74) is 0.546. The number of carbonyl (C=O) groups is 1. The highest BCUT2D eigenvalue weighted by Crippen LogP contribution is 2.18. The van der Waals surface area contributed by atoms with Gasteiger partial charge in [-0.25, -0.2) is 0 Å². The quantitative estimate of drug-likeness (QED) is 0.536. The highest BCUT2D eigenvalue weighted by Gasteiger charge is 2.21. The van der Waals surface area contributed by atoms with Crippen molar-refractivity contribution in [3.63, 3.8) is 0 Å². The van der Waals surface area contributed by atoms with Crippen molar-refractivity contribution >= 4 is 16.8 Å². The van der Waals surface area contributed by atoms with Crippen LogP contribution in [-0.2, 0) is 9.63 Å². The monoisotopic (exact) mass is 161 g/mol. The van der Waals surface area contributed by atoms with Gasteiger partial charge in [0.2, 0.25) is 0 Å². The molecule has 0 saturated heterocycles. The van der Waals surface area contributed by atoms with Crippen molar-refractivity contribution in [2.75, 3.05) is 13.6 Å². The molecule has 1 rings (SSSR count). The van der Waals surface area contributed by atoms with Crippen LogP contribution in [0.5, 0.6) is 0 Å². The Morgan fingerprint density at radius 2 is 2.40 bits per heavy atom. The molecule has 0 bridgehead atoms. The SMILES string of the molecule is CC1=C(C(=O)Cl)CN(C)O1. The third kappa shape index (κ3) is 1.30. The molecule has 1 aliphatic heterocycles. The molecule has 1 aliphatic rings. The Hall–Kier alpha value is -0.540. The smallest absolute Gasteiger partial charge is 0.253 e. The van der Waals surface area contributed by atoms with Gasteiger partial charge >= 0.3 is 0 Å². The van der Waals surface area contributed by atoms with Crippen molar-refractivity contribution < 1.29 is 9.63 Å². The number of rotatable bonds is 1. The number of halogens is 1. The Kier molecular flexibility index (Phi) is 1.97. The lowest BCUT2D eigenvalue weighted by molar-refractivity contribution is -0.108. The summed E-state index contributed by atoms with van der Waals surface area (Å²) in [6, 6.07) is 0. The largest absolute Gasteiger partial charge is 0.410 e. The molecule has 0 aromatic carbocycles. The minimum Gasteiger partial charge on any atom is -0.410 e. The molecule has 4 heteroatoms. The van der Waals surface area contributed by atoms with E-state index in [1.807, 2.05) is 0 Å². The number of nitrogens with zero attached hydrogens (tertiary/aromatic N) is 1. The molecular formula is C6H8ClNO2. The Balaban J connectivity index is 2.76. The number of hydrogen-bond donors (Lipinski definition) is 0. The highest BCUT2D eigenvalue weighted by molar-refractivity contribution is 6.67. The lowest BCUT2D eigenvalue weighted by Crippen LogP contribution is -2.13. The lowest BCUT2D eigenvalue weighted by atomic mass is 10.3. The van der Waals surface area contributed by atoms with Gasteiger partial charge in [0.15, 0.2) is 0 Å². The second kappa shape index (κ2) is 2.60. The van der Waals surface area contributed by atoms with Crippen LogP contribution in [0.25, 0.3) is 0 Å². The zero-order valence-electron chi connectivity index (χ0n) is 5.85. The van der Waals surface area contributed by atoms with Crippen LogP contribution in [0.15, 0.2) is 11.3 Å². The van der Waals surface area contributed by atoms with Gasteiger partial charge in [-0.2, -0.15) is 0 Å². The maximum Gasteiger partial charge on any atom is 0.253 e.